The molecule has 2 atom stereocenters. The normalized spacial score (nSPS) is 13.6. The molecule has 0 aliphatic heterocycles. The molecule has 5 heteroatoms. The maximum Gasteiger partial charge on any atom is 0.308 e. The van der Waals surface area contributed by atoms with Gasteiger partial charge in [0.2, 0.25) is 0 Å². The zero-order valence-electron chi connectivity index (χ0n) is 12.1. The lowest BCUT2D eigenvalue weighted by Gasteiger charge is -2.17. The van der Waals surface area contributed by atoms with Crippen molar-refractivity contribution < 1.29 is 14.7 Å². The van der Waals surface area contributed by atoms with Crippen LogP contribution in [0.25, 0.3) is 0 Å². The van der Waals surface area contributed by atoms with Crippen molar-refractivity contribution in [2.24, 2.45) is 5.92 Å². The van der Waals surface area contributed by atoms with Crippen molar-refractivity contribution in [2.75, 3.05) is 5.75 Å². The Morgan fingerprint density at radius 3 is 2.35 bits per heavy atom. The summed E-state index contributed by atoms with van der Waals surface area (Å²) in [5, 5.41) is 11.6. The van der Waals surface area contributed by atoms with Crippen LogP contribution in [0.5, 0.6) is 0 Å². The number of nitrogens with one attached hydrogen (secondary N) is 1. The Balaban J connectivity index is 2.61. The van der Waals surface area contributed by atoms with Crippen LogP contribution in [0.4, 0.5) is 0 Å². The second-order valence-electron chi connectivity index (χ2n) is 4.72. The highest BCUT2D eigenvalue weighted by Crippen LogP contribution is 2.13. The van der Waals surface area contributed by atoms with Crippen LogP contribution in [0.15, 0.2) is 24.3 Å². The van der Waals surface area contributed by atoms with E-state index in [-0.39, 0.29) is 5.91 Å². The van der Waals surface area contributed by atoms with E-state index in [2.05, 4.69) is 12.2 Å². The number of benzene rings is 1. The lowest BCUT2D eigenvalue weighted by molar-refractivity contribution is -0.141. The van der Waals surface area contributed by atoms with E-state index in [4.69, 9.17) is 5.11 Å². The van der Waals surface area contributed by atoms with E-state index in [1.54, 1.807) is 26.0 Å². The lowest BCUT2D eigenvalue weighted by Crippen LogP contribution is -2.40. The van der Waals surface area contributed by atoms with Crippen LogP contribution in [0, 0.1) is 5.92 Å². The van der Waals surface area contributed by atoms with Gasteiger partial charge in [0, 0.05) is 17.4 Å². The highest BCUT2D eigenvalue weighted by Gasteiger charge is 2.21. The Bertz CT molecular complexity index is 459. The van der Waals surface area contributed by atoms with Crippen LogP contribution in [-0.4, -0.2) is 28.8 Å². The first-order valence-corrected chi connectivity index (χ1v) is 7.81. The van der Waals surface area contributed by atoms with Crippen molar-refractivity contribution in [3.8, 4) is 0 Å². The van der Waals surface area contributed by atoms with Gasteiger partial charge in [-0.2, -0.15) is 11.8 Å². The molecular formula is C15H21NO3S. The van der Waals surface area contributed by atoms with E-state index in [0.717, 1.165) is 11.5 Å². The molecule has 0 heterocycles. The molecule has 0 spiro atoms. The molecule has 110 valence electrons. The van der Waals surface area contributed by atoms with Crippen LogP contribution < -0.4 is 5.32 Å². The van der Waals surface area contributed by atoms with Gasteiger partial charge in [0.25, 0.3) is 5.91 Å². The molecule has 1 aromatic rings. The van der Waals surface area contributed by atoms with E-state index >= 15 is 0 Å². The molecule has 0 radical (unpaired) electrons. The summed E-state index contributed by atoms with van der Waals surface area (Å²) in [6.45, 7) is 5.39. The second kappa shape index (κ2) is 7.94. The zero-order valence-corrected chi connectivity index (χ0v) is 12.9. The number of carboxylic acids is 1. The summed E-state index contributed by atoms with van der Waals surface area (Å²) < 4.78 is 0. The molecular weight excluding hydrogens is 274 g/mol. The highest BCUT2D eigenvalue weighted by molar-refractivity contribution is 7.98. The van der Waals surface area contributed by atoms with Crippen LogP contribution in [-0.2, 0) is 10.5 Å². The Labute approximate surface area is 124 Å². The van der Waals surface area contributed by atoms with Crippen LogP contribution in [0.2, 0.25) is 0 Å². The minimum Gasteiger partial charge on any atom is -0.481 e. The summed E-state index contributed by atoms with van der Waals surface area (Å²) in [5.74, 6) is 0.238. The predicted octanol–water partition coefficient (Wildman–Crippen LogP) is 2.78. The number of rotatable bonds is 7. The fourth-order valence-corrected chi connectivity index (χ4v) is 2.23. The molecule has 1 aromatic carbocycles. The Morgan fingerprint density at radius 1 is 1.25 bits per heavy atom. The molecule has 4 nitrogen and oxygen atoms in total. The molecule has 0 fully saturated rings. The quantitative estimate of drug-likeness (QED) is 0.811. The third-order valence-electron chi connectivity index (χ3n) is 3.19. The fourth-order valence-electron chi connectivity index (χ4n) is 1.60. The van der Waals surface area contributed by atoms with Crippen molar-refractivity contribution in [2.45, 2.75) is 32.6 Å². The first-order valence-electron chi connectivity index (χ1n) is 6.66. The summed E-state index contributed by atoms with van der Waals surface area (Å²) in [7, 11) is 0. The van der Waals surface area contributed by atoms with Gasteiger partial charge in [0.15, 0.2) is 0 Å². The number of amides is 1. The van der Waals surface area contributed by atoms with Crippen molar-refractivity contribution in [3.05, 3.63) is 35.4 Å². The maximum absolute atomic E-state index is 12.0. The minimum absolute atomic E-state index is 0.236. The first-order chi connectivity index (χ1) is 9.45. The van der Waals surface area contributed by atoms with Crippen molar-refractivity contribution >= 4 is 23.6 Å². The van der Waals surface area contributed by atoms with Gasteiger partial charge in [0.05, 0.1) is 5.92 Å². The molecule has 2 unspecified atom stereocenters. The third kappa shape index (κ3) is 4.89. The Hall–Kier alpha value is -1.49. The average molecular weight is 295 g/mol. The average Bonchev–Trinajstić information content (AvgIpc) is 2.44. The summed E-state index contributed by atoms with van der Waals surface area (Å²) in [6, 6.07) is 7.01. The Morgan fingerprint density at radius 2 is 1.85 bits per heavy atom. The van der Waals surface area contributed by atoms with Crippen LogP contribution >= 0.6 is 11.8 Å². The van der Waals surface area contributed by atoms with Crippen molar-refractivity contribution in [1.29, 1.82) is 0 Å². The predicted molar refractivity (Wildman–Crippen MR) is 82.0 cm³/mol. The molecule has 1 rings (SSSR count). The number of hydrogen-bond acceptors (Lipinski definition) is 3. The van der Waals surface area contributed by atoms with Gasteiger partial charge in [-0.3, -0.25) is 9.59 Å². The van der Waals surface area contributed by atoms with Gasteiger partial charge in [-0.1, -0.05) is 19.1 Å². The van der Waals surface area contributed by atoms with Crippen molar-refractivity contribution in [3.63, 3.8) is 0 Å². The number of hydrogen-bond donors (Lipinski definition) is 2. The van der Waals surface area contributed by atoms with Gasteiger partial charge in [-0.25, -0.2) is 0 Å². The summed E-state index contributed by atoms with van der Waals surface area (Å²) >= 11 is 1.83. The van der Waals surface area contributed by atoms with Gasteiger partial charge >= 0.3 is 5.97 Å². The topological polar surface area (TPSA) is 66.4 Å². The summed E-state index contributed by atoms with van der Waals surface area (Å²) in [4.78, 5) is 22.8. The monoisotopic (exact) mass is 295 g/mol. The van der Waals surface area contributed by atoms with Gasteiger partial charge in [-0.15, -0.1) is 0 Å². The van der Waals surface area contributed by atoms with E-state index in [1.165, 1.54) is 5.56 Å². The molecule has 0 saturated heterocycles. The first kappa shape index (κ1) is 16.6. The highest BCUT2D eigenvalue weighted by atomic mass is 32.2. The summed E-state index contributed by atoms with van der Waals surface area (Å²) in [5.41, 5.74) is 1.74. The van der Waals surface area contributed by atoms with E-state index < -0.39 is 17.9 Å². The number of carbonyl (C=O) groups is 2. The number of aliphatic carboxylic acids is 1. The Kier molecular flexibility index (Phi) is 6.58. The standard InChI is InChI=1S/C15H21NO3S/c1-4-20-9-12-5-7-13(8-6-12)14(17)16-11(3)10(2)15(18)19/h5-8,10-11H,4,9H2,1-3H3,(H,16,17)(H,18,19). The van der Waals surface area contributed by atoms with E-state index in [0.29, 0.717) is 5.56 Å². The molecule has 1 amide bonds. The molecule has 20 heavy (non-hydrogen) atoms. The second-order valence-corrected chi connectivity index (χ2v) is 6.00. The number of carboxylic acid groups (broad SMARTS) is 1. The summed E-state index contributed by atoms with van der Waals surface area (Å²) in [6.07, 6.45) is 0. The molecule has 0 aliphatic carbocycles. The molecule has 0 bridgehead atoms. The van der Waals surface area contributed by atoms with Gasteiger partial charge in [-0.05, 0) is 37.3 Å². The maximum atomic E-state index is 12.0. The third-order valence-corrected chi connectivity index (χ3v) is 4.13. The van der Waals surface area contributed by atoms with Gasteiger partial charge in [0.1, 0.15) is 0 Å². The van der Waals surface area contributed by atoms with E-state index in [9.17, 15) is 9.59 Å². The smallest absolute Gasteiger partial charge is 0.308 e. The van der Waals surface area contributed by atoms with E-state index in [1.807, 2.05) is 23.9 Å². The lowest BCUT2D eigenvalue weighted by atomic mass is 10.0. The largest absolute Gasteiger partial charge is 0.481 e. The van der Waals surface area contributed by atoms with Crippen LogP contribution in [0.3, 0.4) is 0 Å². The zero-order chi connectivity index (χ0) is 15.1. The van der Waals surface area contributed by atoms with Crippen LogP contribution in [0.1, 0.15) is 36.7 Å². The minimum atomic E-state index is -0.912. The number of carbonyl (C=O) groups excluding carboxylic acids is 1. The fraction of sp³-hybridized carbons (Fsp3) is 0.467. The van der Waals surface area contributed by atoms with Gasteiger partial charge < -0.3 is 10.4 Å². The molecule has 2 N–H and O–H groups in total. The van der Waals surface area contributed by atoms with Crippen molar-refractivity contribution in [1.82, 2.24) is 5.32 Å². The molecule has 0 saturated carbocycles. The molecule has 0 aromatic heterocycles. The SMILES string of the molecule is CCSCc1ccc(C(=O)NC(C)C(C)C(=O)O)cc1. The number of thioether (sulfide) groups is 1. The molecule has 0 aliphatic rings.